The second-order valence-corrected chi connectivity index (χ2v) is 9.94. The topological polar surface area (TPSA) is 78.0 Å². The van der Waals surface area contributed by atoms with Crippen molar-refractivity contribution in [1.29, 1.82) is 0 Å². The minimum atomic E-state index is -4.27. The average Bonchev–Trinajstić information content (AvgIpc) is 2.78. The lowest BCUT2D eigenvalue weighted by Gasteiger charge is -2.39. The monoisotopic (exact) mass is 459 g/mol. The highest BCUT2D eigenvalue weighted by Gasteiger charge is 2.43. The van der Waals surface area contributed by atoms with Crippen molar-refractivity contribution in [2.24, 2.45) is 0 Å². The Bertz CT molecular complexity index is 1170. The molecule has 2 heterocycles. The van der Waals surface area contributed by atoms with Crippen LogP contribution in [0.4, 0.5) is 20.6 Å². The Kier molecular flexibility index (Phi) is 5.94. The van der Waals surface area contributed by atoms with E-state index in [4.69, 9.17) is 0 Å². The number of rotatable bonds is 4. The summed E-state index contributed by atoms with van der Waals surface area (Å²) in [5.41, 5.74) is 0.382. The number of carbonyl (C=O) groups is 2. The van der Waals surface area contributed by atoms with E-state index in [0.717, 1.165) is 31.7 Å². The zero-order chi connectivity index (χ0) is 23.0. The Morgan fingerprint density at radius 2 is 1.91 bits per heavy atom. The fraction of sp³-hybridized carbons (Fsp3) is 0.391. The van der Waals surface area contributed by atoms with Gasteiger partial charge in [0.2, 0.25) is 5.91 Å². The summed E-state index contributed by atoms with van der Waals surface area (Å²) in [6, 6.07) is 9.12. The first-order valence-corrected chi connectivity index (χ1v) is 12.2. The van der Waals surface area contributed by atoms with Crippen LogP contribution in [0.1, 0.15) is 38.2 Å². The Hall–Kier alpha value is -2.94. The van der Waals surface area contributed by atoms with Crippen molar-refractivity contribution in [3.63, 3.8) is 0 Å². The first-order chi connectivity index (χ1) is 15.3. The van der Waals surface area contributed by atoms with Crippen molar-refractivity contribution in [3.8, 4) is 0 Å². The summed E-state index contributed by atoms with van der Waals surface area (Å²) in [6.45, 7) is 3.91. The number of likely N-dealkylation sites (tertiary alicyclic amines) is 1. The highest BCUT2D eigenvalue weighted by Crippen LogP contribution is 2.37. The summed E-state index contributed by atoms with van der Waals surface area (Å²) in [5.74, 6) is -0.847. The summed E-state index contributed by atoms with van der Waals surface area (Å²) in [6.07, 6.45) is 3.68. The lowest BCUT2D eigenvalue weighted by molar-refractivity contribution is -0.133. The molecule has 2 aliphatic heterocycles. The van der Waals surface area contributed by atoms with Crippen LogP contribution in [0.15, 0.2) is 47.4 Å². The predicted octanol–water partition coefficient (Wildman–Crippen LogP) is 4.06. The van der Waals surface area contributed by atoms with Gasteiger partial charge in [0.05, 0.1) is 11.4 Å². The molecule has 0 N–H and O–H groups in total. The van der Waals surface area contributed by atoms with Gasteiger partial charge in [-0.2, -0.15) is 4.31 Å². The number of halogens is 1. The van der Waals surface area contributed by atoms with Gasteiger partial charge in [-0.1, -0.05) is 25.1 Å². The third kappa shape index (κ3) is 3.74. The molecule has 2 aromatic carbocycles. The summed E-state index contributed by atoms with van der Waals surface area (Å²) < 4.78 is 41.4. The van der Waals surface area contributed by atoms with Crippen LogP contribution < -0.4 is 9.21 Å². The van der Waals surface area contributed by atoms with Gasteiger partial charge in [0.25, 0.3) is 10.0 Å². The molecule has 0 spiro atoms. The normalized spacial score (nSPS) is 20.3. The van der Waals surface area contributed by atoms with E-state index < -0.39 is 21.9 Å². The molecular formula is C23H26FN3O4S. The van der Waals surface area contributed by atoms with Crippen LogP contribution in [0.5, 0.6) is 0 Å². The van der Waals surface area contributed by atoms with Gasteiger partial charge < -0.3 is 4.90 Å². The Morgan fingerprint density at radius 3 is 2.62 bits per heavy atom. The van der Waals surface area contributed by atoms with Crippen molar-refractivity contribution in [2.75, 3.05) is 22.3 Å². The zero-order valence-electron chi connectivity index (χ0n) is 18.1. The third-order valence-electron chi connectivity index (χ3n) is 6.18. The van der Waals surface area contributed by atoms with Gasteiger partial charge in [-0.3, -0.25) is 9.69 Å². The van der Waals surface area contributed by atoms with Gasteiger partial charge >= 0.3 is 6.03 Å². The van der Waals surface area contributed by atoms with Gasteiger partial charge in [0, 0.05) is 12.6 Å². The SMILES string of the molecule is CC[C@H]1CCCCN1C(=O)CN1C(=O)N(c2ccc(C)c(F)c2)S(=O)(=O)c2ccccc21. The summed E-state index contributed by atoms with van der Waals surface area (Å²) in [4.78, 5) is 29.5. The molecule has 0 aromatic heterocycles. The van der Waals surface area contributed by atoms with Gasteiger partial charge in [0.1, 0.15) is 17.3 Å². The van der Waals surface area contributed by atoms with Crippen LogP contribution in [0.3, 0.4) is 0 Å². The Labute approximate surface area is 187 Å². The molecule has 7 nitrogen and oxygen atoms in total. The molecule has 0 bridgehead atoms. The number of urea groups is 1. The van der Waals surface area contributed by atoms with Gasteiger partial charge in [0.15, 0.2) is 0 Å². The molecule has 0 saturated carbocycles. The summed E-state index contributed by atoms with van der Waals surface area (Å²) >= 11 is 0. The minimum absolute atomic E-state index is 0.0981. The highest BCUT2D eigenvalue weighted by molar-refractivity contribution is 7.94. The van der Waals surface area contributed by atoms with Crippen molar-refractivity contribution < 1.29 is 22.4 Å². The maximum Gasteiger partial charge on any atom is 0.343 e. The molecule has 32 heavy (non-hydrogen) atoms. The first-order valence-electron chi connectivity index (χ1n) is 10.8. The van der Waals surface area contributed by atoms with E-state index in [2.05, 4.69) is 0 Å². The number of aryl methyl sites for hydroxylation is 1. The molecule has 2 aliphatic rings. The third-order valence-corrected chi connectivity index (χ3v) is 7.93. The number of piperidine rings is 1. The van der Waals surface area contributed by atoms with Crippen molar-refractivity contribution in [3.05, 3.63) is 53.8 Å². The number of carbonyl (C=O) groups excluding carboxylic acids is 2. The summed E-state index contributed by atoms with van der Waals surface area (Å²) in [7, 11) is -4.27. The van der Waals surface area contributed by atoms with Crippen LogP contribution in [-0.2, 0) is 14.8 Å². The molecule has 1 fully saturated rings. The van der Waals surface area contributed by atoms with Gasteiger partial charge in [-0.15, -0.1) is 0 Å². The quantitative estimate of drug-likeness (QED) is 0.691. The summed E-state index contributed by atoms with van der Waals surface area (Å²) in [5, 5.41) is 0. The van der Waals surface area contributed by atoms with E-state index in [1.807, 2.05) is 6.92 Å². The average molecular weight is 460 g/mol. The number of para-hydroxylation sites is 1. The number of hydrogen-bond donors (Lipinski definition) is 0. The fourth-order valence-electron chi connectivity index (χ4n) is 4.40. The number of hydrogen-bond acceptors (Lipinski definition) is 4. The van der Waals surface area contributed by atoms with E-state index >= 15 is 0 Å². The van der Waals surface area contributed by atoms with Crippen molar-refractivity contribution in [2.45, 2.75) is 50.5 Å². The number of benzene rings is 2. The lowest BCUT2D eigenvalue weighted by atomic mass is 10.00. The molecule has 1 saturated heterocycles. The molecule has 0 unspecified atom stereocenters. The fourth-order valence-corrected chi connectivity index (χ4v) is 5.99. The number of fused-ring (bicyclic) bond motifs is 1. The van der Waals surface area contributed by atoms with E-state index in [1.165, 1.54) is 29.2 Å². The highest BCUT2D eigenvalue weighted by atomic mass is 32.2. The van der Waals surface area contributed by atoms with Crippen molar-refractivity contribution in [1.82, 2.24) is 4.90 Å². The second-order valence-electron chi connectivity index (χ2n) is 8.18. The van der Waals surface area contributed by atoms with Crippen LogP contribution >= 0.6 is 0 Å². The predicted molar refractivity (Wildman–Crippen MR) is 120 cm³/mol. The zero-order valence-corrected chi connectivity index (χ0v) is 18.9. The number of anilines is 2. The van der Waals surface area contributed by atoms with Crippen molar-refractivity contribution >= 4 is 33.3 Å². The maximum atomic E-state index is 14.2. The standard InChI is InChI=1S/C23H26FN3O4S/c1-3-17-8-6-7-13-25(17)22(28)15-26-20-9-4-5-10-21(20)32(30,31)27(23(26)29)18-12-11-16(2)19(24)14-18/h4-5,9-12,14,17H,3,6-8,13,15H2,1-2H3/t17-/m0/s1. The maximum absolute atomic E-state index is 14.2. The molecule has 0 radical (unpaired) electrons. The second kappa shape index (κ2) is 8.54. The number of amides is 3. The van der Waals surface area contributed by atoms with Gasteiger partial charge in [-0.25, -0.2) is 17.6 Å². The van der Waals surface area contributed by atoms with Crippen LogP contribution in [0.25, 0.3) is 0 Å². The minimum Gasteiger partial charge on any atom is -0.338 e. The lowest BCUT2D eigenvalue weighted by Crippen LogP contribution is -2.55. The molecule has 2 aromatic rings. The van der Waals surface area contributed by atoms with E-state index in [0.29, 0.717) is 16.4 Å². The van der Waals surface area contributed by atoms with Crippen LogP contribution in [0, 0.1) is 12.7 Å². The molecule has 9 heteroatoms. The van der Waals surface area contributed by atoms with Crippen LogP contribution in [0.2, 0.25) is 0 Å². The number of nitrogens with zero attached hydrogens (tertiary/aromatic N) is 3. The molecule has 3 amide bonds. The molecule has 1 atom stereocenters. The van der Waals surface area contributed by atoms with Gasteiger partial charge in [-0.05, 0) is 62.4 Å². The first kappa shape index (κ1) is 22.3. The number of sulfonamides is 1. The van der Waals surface area contributed by atoms with E-state index in [9.17, 15) is 22.4 Å². The molecule has 170 valence electrons. The molecule has 0 aliphatic carbocycles. The molecular weight excluding hydrogens is 433 g/mol. The van der Waals surface area contributed by atoms with Crippen LogP contribution in [-0.4, -0.2) is 44.4 Å². The Morgan fingerprint density at radius 1 is 1.16 bits per heavy atom. The largest absolute Gasteiger partial charge is 0.343 e. The van der Waals surface area contributed by atoms with E-state index in [1.54, 1.807) is 24.0 Å². The smallest absolute Gasteiger partial charge is 0.338 e. The van der Waals surface area contributed by atoms with E-state index in [-0.39, 0.29) is 34.8 Å². The molecule has 4 rings (SSSR count). The Balaban J connectivity index is 1.76.